The fourth-order valence-corrected chi connectivity index (χ4v) is 5.84. The largest absolute Gasteiger partial charge is 0.435 e. The van der Waals surface area contributed by atoms with Crippen LogP contribution in [0.1, 0.15) is 61.6 Å². The smallest absolute Gasteiger partial charge is 0.353 e. The van der Waals surface area contributed by atoms with Gasteiger partial charge < -0.3 is 10.6 Å². The van der Waals surface area contributed by atoms with E-state index in [4.69, 9.17) is 0 Å². The van der Waals surface area contributed by atoms with E-state index in [0.717, 1.165) is 6.07 Å². The minimum absolute atomic E-state index is 0.0332. The number of nitrogens with one attached hydrogen (secondary N) is 2. The van der Waals surface area contributed by atoms with Crippen LogP contribution in [0.2, 0.25) is 0 Å². The summed E-state index contributed by atoms with van der Waals surface area (Å²) in [5.74, 6) is -0.801. The first-order valence-corrected chi connectivity index (χ1v) is 11.3. The Kier molecular flexibility index (Phi) is 6.13. The Labute approximate surface area is 191 Å². The average molecular weight is 494 g/mol. The number of benzene rings is 1. The highest BCUT2D eigenvalue weighted by atomic mass is 19.4. The number of hydrogen-bond acceptors (Lipinski definition) is 2. The van der Waals surface area contributed by atoms with Gasteiger partial charge >= 0.3 is 18.0 Å². The van der Waals surface area contributed by atoms with Crippen LogP contribution in [-0.4, -0.2) is 36.3 Å². The molecule has 0 aliphatic heterocycles. The minimum Gasteiger partial charge on any atom is -0.353 e. The van der Waals surface area contributed by atoms with Gasteiger partial charge in [-0.3, -0.25) is 9.59 Å². The summed E-state index contributed by atoms with van der Waals surface area (Å²) in [6.45, 7) is 1.42. The molecule has 0 spiro atoms. The molecule has 0 radical (unpaired) electrons. The molecular formula is C23H25F7N2O2. The van der Waals surface area contributed by atoms with E-state index in [9.17, 15) is 40.3 Å². The van der Waals surface area contributed by atoms with Gasteiger partial charge in [0.15, 0.2) is 0 Å². The Morgan fingerprint density at radius 1 is 0.882 bits per heavy atom. The summed E-state index contributed by atoms with van der Waals surface area (Å²) in [5.41, 5.74) is -6.04. The summed E-state index contributed by atoms with van der Waals surface area (Å²) in [6.07, 6.45) is -9.27. The van der Waals surface area contributed by atoms with E-state index in [1.807, 2.05) is 0 Å². The van der Waals surface area contributed by atoms with Crippen LogP contribution >= 0.6 is 0 Å². The lowest BCUT2D eigenvalue weighted by Gasteiger charge is -2.38. The normalized spacial score (nSPS) is 29.0. The van der Waals surface area contributed by atoms with E-state index >= 15 is 0 Å². The Bertz CT molecular complexity index is 955. The summed E-state index contributed by atoms with van der Waals surface area (Å²) < 4.78 is 93.3. The molecule has 0 heterocycles. The molecule has 1 aromatic carbocycles. The zero-order valence-corrected chi connectivity index (χ0v) is 18.3. The third-order valence-corrected chi connectivity index (χ3v) is 7.52. The monoisotopic (exact) mass is 494 g/mol. The maximum Gasteiger partial charge on any atom is 0.435 e. The molecule has 3 atom stereocenters. The first-order valence-electron chi connectivity index (χ1n) is 11.3. The van der Waals surface area contributed by atoms with E-state index in [2.05, 4.69) is 10.6 Å². The zero-order chi connectivity index (χ0) is 25.1. The predicted molar refractivity (Wildman–Crippen MR) is 107 cm³/mol. The van der Waals surface area contributed by atoms with Gasteiger partial charge in [0.1, 0.15) is 0 Å². The van der Waals surface area contributed by atoms with Crippen molar-refractivity contribution in [1.82, 2.24) is 10.6 Å². The second kappa shape index (κ2) is 8.41. The number of aryl methyl sites for hydroxylation is 1. The summed E-state index contributed by atoms with van der Waals surface area (Å²) in [7, 11) is 0. The van der Waals surface area contributed by atoms with E-state index in [0.29, 0.717) is 49.8 Å². The molecule has 2 saturated carbocycles. The molecular weight excluding hydrogens is 469 g/mol. The number of carbonyl (C=O) groups excluding carboxylic acids is 2. The molecule has 11 heteroatoms. The summed E-state index contributed by atoms with van der Waals surface area (Å²) in [5, 5.41) is 5.78. The van der Waals surface area contributed by atoms with Crippen LogP contribution in [0.3, 0.4) is 0 Å². The zero-order valence-electron chi connectivity index (χ0n) is 18.3. The lowest BCUT2D eigenvalue weighted by atomic mass is 9.73. The summed E-state index contributed by atoms with van der Waals surface area (Å²) in [4.78, 5) is 23.9. The number of fused-ring (bicyclic) bond motifs is 3. The van der Waals surface area contributed by atoms with Gasteiger partial charge in [-0.25, -0.2) is 4.39 Å². The molecule has 2 amide bonds. The van der Waals surface area contributed by atoms with Gasteiger partial charge in [0, 0.05) is 30.5 Å². The number of halogens is 7. The van der Waals surface area contributed by atoms with E-state index < -0.39 is 23.6 Å². The molecule has 3 aliphatic rings. The van der Waals surface area contributed by atoms with Gasteiger partial charge in [-0.2, -0.15) is 26.3 Å². The fraction of sp³-hybridized carbons (Fsp3) is 0.652. The maximum atomic E-state index is 14.5. The molecule has 4 nitrogen and oxygen atoms in total. The first-order chi connectivity index (χ1) is 15.7. The third-order valence-electron chi connectivity index (χ3n) is 7.52. The van der Waals surface area contributed by atoms with Crippen LogP contribution in [0.5, 0.6) is 0 Å². The molecule has 0 bridgehead atoms. The van der Waals surface area contributed by atoms with Crippen molar-refractivity contribution in [2.24, 2.45) is 11.8 Å². The molecule has 0 unspecified atom stereocenters. The SMILES string of the molecule is CC(=O)N[C@H]1C[C@H](NC(=O)[C@@H]2CC[C@H]3c4ccc(C(F)(C(F)(F)F)C(F)(F)F)cc4CC[C@@H]23)C1. The number of alkyl halides is 7. The minimum atomic E-state index is -6.15. The van der Waals surface area contributed by atoms with Gasteiger partial charge in [-0.1, -0.05) is 18.2 Å². The molecule has 3 aliphatic carbocycles. The van der Waals surface area contributed by atoms with Crippen LogP contribution < -0.4 is 10.6 Å². The van der Waals surface area contributed by atoms with Crippen molar-refractivity contribution in [3.05, 3.63) is 34.9 Å². The van der Waals surface area contributed by atoms with E-state index in [1.165, 1.54) is 6.92 Å². The Morgan fingerprint density at radius 2 is 1.50 bits per heavy atom. The second-order valence-electron chi connectivity index (χ2n) is 9.63. The van der Waals surface area contributed by atoms with Crippen molar-refractivity contribution in [1.29, 1.82) is 0 Å². The van der Waals surface area contributed by atoms with Crippen LogP contribution in [0.15, 0.2) is 18.2 Å². The molecule has 0 aromatic heterocycles. The van der Waals surface area contributed by atoms with Crippen LogP contribution in [0, 0.1) is 11.8 Å². The van der Waals surface area contributed by atoms with Gasteiger partial charge in [-0.05, 0) is 61.5 Å². The van der Waals surface area contributed by atoms with E-state index in [1.54, 1.807) is 0 Å². The van der Waals surface area contributed by atoms with Crippen molar-refractivity contribution in [2.45, 2.75) is 81.5 Å². The quantitative estimate of drug-likeness (QED) is 0.590. The Morgan fingerprint density at radius 3 is 2.09 bits per heavy atom. The van der Waals surface area contributed by atoms with Gasteiger partial charge in [0.05, 0.1) is 0 Å². The molecule has 1 aromatic rings. The standard InChI is InChI=1S/C23H25F7N2O2/c1-11(33)31-14-9-15(10-14)32-20(34)19-7-6-17-16-5-3-13(8-12(16)2-4-18(17)19)21(24,22(25,26)27)23(28,29)30/h3,5,8,14-15,17-19H,2,4,6-7,9-10H2,1H3,(H,31,33)(H,32,34)/t14-,15-,17-,18+,19+/m0/s1. The first kappa shape index (κ1) is 24.8. The third kappa shape index (κ3) is 4.15. The highest BCUT2D eigenvalue weighted by Gasteiger charge is 2.73. The number of hydrogen-bond donors (Lipinski definition) is 2. The van der Waals surface area contributed by atoms with Gasteiger partial charge in [-0.15, -0.1) is 0 Å². The molecule has 4 rings (SSSR count). The topological polar surface area (TPSA) is 58.2 Å². The van der Waals surface area contributed by atoms with Crippen molar-refractivity contribution < 1.29 is 40.3 Å². The Hall–Kier alpha value is -2.33. The van der Waals surface area contributed by atoms with Crippen molar-refractivity contribution in [3.8, 4) is 0 Å². The number of carbonyl (C=O) groups is 2. The Balaban J connectivity index is 1.47. The molecule has 2 fully saturated rings. The molecule has 2 N–H and O–H groups in total. The van der Waals surface area contributed by atoms with Gasteiger partial charge in [0.2, 0.25) is 11.8 Å². The van der Waals surface area contributed by atoms with Crippen LogP contribution in [0.25, 0.3) is 0 Å². The molecule has 0 saturated heterocycles. The number of rotatable bonds is 4. The van der Waals surface area contributed by atoms with Crippen molar-refractivity contribution >= 4 is 11.8 Å². The summed E-state index contributed by atoms with van der Waals surface area (Å²) >= 11 is 0. The molecule has 188 valence electrons. The van der Waals surface area contributed by atoms with Crippen LogP contribution in [-0.2, 0) is 21.7 Å². The van der Waals surface area contributed by atoms with Gasteiger partial charge in [0.25, 0.3) is 0 Å². The van der Waals surface area contributed by atoms with E-state index in [-0.39, 0.29) is 53.6 Å². The maximum absolute atomic E-state index is 14.5. The van der Waals surface area contributed by atoms with Crippen molar-refractivity contribution in [3.63, 3.8) is 0 Å². The number of amides is 2. The highest BCUT2D eigenvalue weighted by molar-refractivity contribution is 5.80. The van der Waals surface area contributed by atoms with Crippen LogP contribution in [0.4, 0.5) is 30.7 Å². The fourth-order valence-electron chi connectivity index (χ4n) is 5.84. The predicted octanol–water partition coefficient (Wildman–Crippen LogP) is 4.82. The summed E-state index contributed by atoms with van der Waals surface area (Å²) in [6, 6.07) is 2.43. The average Bonchev–Trinajstić information content (AvgIpc) is 3.13. The lowest BCUT2D eigenvalue weighted by molar-refractivity contribution is -0.348. The lowest BCUT2D eigenvalue weighted by Crippen LogP contribution is -2.54. The highest BCUT2D eigenvalue weighted by Crippen LogP contribution is 2.55. The molecule has 34 heavy (non-hydrogen) atoms. The second-order valence-corrected chi connectivity index (χ2v) is 9.63. The van der Waals surface area contributed by atoms with Crippen molar-refractivity contribution in [2.75, 3.05) is 0 Å².